The van der Waals surface area contributed by atoms with Crippen molar-refractivity contribution >= 4 is 39.2 Å². The topological polar surface area (TPSA) is 15.8 Å². The minimum absolute atomic E-state index is 0.807. The molecule has 1 N–H and O–H groups in total. The number of unbranched alkanes of at least 4 members (excludes halogenated alkanes) is 5. The van der Waals surface area contributed by atoms with Gasteiger partial charge in [-0.2, -0.15) is 0 Å². The van der Waals surface area contributed by atoms with Crippen molar-refractivity contribution in [2.75, 3.05) is 0 Å². The molecule has 98 valence electrons. The van der Waals surface area contributed by atoms with Crippen LogP contribution in [-0.2, 0) is 6.42 Å². The first-order valence-corrected chi connectivity index (χ1v) is 11.5. The zero-order chi connectivity index (χ0) is 12.6. The van der Waals surface area contributed by atoms with Gasteiger partial charge in [-0.25, -0.2) is 0 Å². The molecule has 0 unspecified atom stereocenters. The van der Waals surface area contributed by atoms with E-state index < -0.39 is 6.00 Å². The molecule has 0 aliphatic carbocycles. The molecule has 5 heteroatoms. The maximum Gasteiger partial charge on any atom is 0.341 e. The Hall–Kier alpha value is 0.367. The lowest BCUT2D eigenvalue weighted by molar-refractivity contribution is 0.607. The van der Waals surface area contributed by atoms with Crippen LogP contribution in [0.1, 0.15) is 44.1 Å². The molecule has 1 rings (SSSR count). The van der Waals surface area contributed by atoms with E-state index in [9.17, 15) is 0 Å². The molecule has 1 heterocycles. The quantitative estimate of drug-likeness (QED) is 0.349. The van der Waals surface area contributed by atoms with Crippen molar-refractivity contribution in [3.63, 3.8) is 0 Å². The number of hydrogen-bond donors (Lipinski definition) is 1. The molecule has 0 spiro atoms. The second-order valence-corrected chi connectivity index (χ2v) is 13.7. The van der Waals surface area contributed by atoms with Gasteiger partial charge in [-0.1, -0.05) is 32.1 Å². The van der Waals surface area contributed by atoms with E-state index in [0.29, 0.717) is 0 Å². The van der Waals surface area contributed by atoms with Gasteiger partial charge in [-0.15, -0.1) is 33.2 Å². The van der Waals surface area contributed by atoms with Crippen LogP contribution in [0.25, 0.3) is 0 Å². The average molecular weight is 313 g/mol. The van der Waals surface area contributed by atoms with Crippen LogP contribution in [0.15, 0.2) is 18.5 Å². The Balaban J connectivity index is 1.85. The molecule has 1 nitrogen and oxygen atoms in total. The summed E-state index contributed by atoms with van der Waals surface area (Å²) in [6.45, 7) is 0. The van der Waals surface area contributed by atoms with Gasteiger partial charge in [0.1, 0.15) is 0 Å². The fraction of sp³-hybridized carbons (Fsp3) is 0.667. The Labute approximate surface area is 119 Å². The Morgan fingerprint density at radius 2 is 1.59 bits per heavy atom. The van der Waals surface area contributed by atoms with E-state index in [1.165, 1.54) is 44.1 Å². The molecule has 0 fully saturated rings. The highest BCUT2D eigenvalue weighted by Crippen LogP contribution is 2.27. The summed E-state index contributed by atoms with van der Waals surface area (Å²) < 4.78 is 0. The first-order chi connectivity index (χ1) is 8.08. The van der Waals surface area contributed by atoms with E-state index in [1.807, 2.05) is 6.20 Å². The summed E-state index contributed by atoms with van der Waals surface area (Å²) in [5, 5.41) is 0. The van der Waals surface area contributed by atoms with Crippen LogP contribution in [0, 0.1) is 0 Å². The van der Waals surface area contributed by atoms with Gasteiger partial charge >= 0.3 is 6.00 Å². The van der Waals surface area contributed by atoms with Crippen LogP contribution in [0.3, 0.4) is 0 Å². The van der Waals surface area contributed by atoms with Crippen molar-refractivity contribution < 1.29 is 0 Å². The molecule has 0 saturated heterocycles. The van der Waals surface area contributed by atoms with Gasteiger partial charge in [0, 0.05) is 12.4 Å². The van der Waals surface area contributed by atoms with E-state index in [-0.39, 0.29) is 0 Å². The zero-order valence-corrected chi connectivity index (χ0v) is 13.3. The Bertz CT molecular complexity index is 282. The van der Waals surface area contributed by atoms with Crippen LogP contribution in [0.4, 0.5) is 0 Å². The fourth-order valence-electron chi connectivity index (χ4n) is 1.88. The smallest absolute Gasteiger partial charge is 0.341 e. The highest BCUT2D eigenvalue weighted by molar-refractivity contribution is 7.64. The molecule has 0 aromatic carbocycles. The Kier molecular flexibility index (Phi) is 7.68. The Morgan fingerprint density at radius 3 is 2.18 bits per heavy atom. The summed E-state index contributed by atoms with van der Waals surface area (Å²) in [6, 6.07) is 0.595. The van der Waals surface area contributed by atoms with Crippen LogP contribution in [0.5, 0.6) is 0 Å². The van der Waals surface area contributed by atoms with Gasteiger partial charge in [0.05, 0.1) is 0 Å². The van der Waals surface area contributed by atoms with E-state index >= 15 is 0 Å². The van der Waals surface area contributed by atoms with Crippen LogP contribution in [0.2, 0.25) is 6.04 Å². The third kappa shape index (κ3) is 9.01. The number of aromatic nitrogens is 1. The lowest BCUT2D eigenvalue weighted by atomic mass is 10.1. The van der Waals surface area contributed by atoms with E-state index in [2.05, 4.69) is 17.2 Å². The van der Waals surface area contributed by atoms with Gasteiger partial charge in [-0.05, 0) is 30.5 Å². The van der Waals surface area contributed by atoms with Crippen molar-refractivity contribution in [3.8, 4) is 0 Å². The highest BCUT2D eigenvalue weighted by Gasteiger charge is 2.23. The molecule has 17 heavy (non-hydrogen) atoms. The molecular formula is C12H20Cl3NSi. The maximum absolute atomic E-state index is 5.82. The number of aromatic amines is 1. The molecule has 1 aromatic rings. The first-order valence-electron chi connectivity index (χ1n) is 6.26. The first kappa shape index (κ1) is 15.4. The number of nitrogens with one attached hydrogen (secondary N) is 1. The van der Waals surface area contributed by atoms with Gasteiger partial charge in [0.2, 0.25) is 0 Å². The van der Waals surface area contributed by atoms with Gasteiger partial charge in [0.15, 0.2) is 0 Å². The lowest BCUT2D eigenvalue weighted by Crippen LogP contribution is -2.07. The molecule has 1 aromatic heterocycles. The average Bonchev–Trinajstić information content (AvgIpc) is 2.73. The second-order valence-electron chi connectivity index (χ2n) is 4.46. The number of H-pyrrole nitrogens is 1. The van der Waals surface area contributed by atoms with Gasteiger partial charge < -0.3 is 4.98 Å². The third-order valence-electron chi connectivity index (χ3n) is 2.84. The van der Waals surface area contributed by atoms with Gasteiger partial charge in [0.25, 0.3) is 0 Å². The minimum Gasteiger partial charge on any atom is -0.367 e. The molecule has 0 aliphatic rings. The van der Waals surface area contributed by atoms with Crippen LogP contribution < -0.4 is 0 Å². The standard InChI is InChI=1S/C12H20Cl3NSi/c13-17(14,15)10-6-4-2-1-3-5-7-12-8-9-16-11-12/h8-9,11,16H,1-7,10H2. The molecular weight excluding hydrogens is 293 g/mol. The summed E-state index contributed by atoms with van der Waals surface area (Å²) in [4.78, 5) is 3.08. The largest absolute Gasteiger partial charge is 0.367 e. The van der Waals surface area contributed by atoms with Crippen LogP contribution in [-0.4, -0.2) is 11.0 Å². The van der Waals surface area contributed by atoms with Crippen molar-refractivity contribution in [3.05, 3.63) is 24.0 Å². The lowest BCUT2D eigenvalue weighted by Gasteiger charge is -2.06. The number of aryl methyl sites for hydroxylation is 1. The van der Waals surface area contributed by atoms with E-state index in [4.69, 9.17) is 33.2 Å². The van der Waals surface area contributed by atoms with Crippen LogP contribution >= 0.6 is 33.2 Å². The normalized spacial score (nSPS) is 11.9. The molecule has 0 aliphatic heterocycles. The summed E-state index contributed by atoms with van der Waals surface area (Å²) in [7, 11) is 0. The second kappa shape index (κ2) is 8.47. The SMILES string of the molecule is Cl[Si](Cl)(Cl)CCCCCCCCc1cc[nH]c1. The maximum atomic E-state index is 5.82. The monoisotopic (exact) mass is 311 g/mol. The number of rotatable bonds is 9. The van der Waals surface area contributed by atoms with Crippen molar-refractivity contribution in [1.82, 2.24) is 4.98 Å². The molecule has 0 radical (unpaired) electrons. The summed E-state index contributed by atoms with van der Waals surface area (Å²) in [6.07, 6.45) is 12.7. The zero-order valence-electron chi connectivity index (χ0n) is 10.0. The van der Waals surface area contributed by atoms with Crippen molar-refractivity contribution in [2.24, 2.45) is 0 Å². The predicted molar refractivity (Wildman–Crippen MR) is 80.3 cm³/mol. The predicted octanol–water partition coefficient (Wildman–Crippen LogP) is 5.55. The summed E-state index contributed by atoms with van der Waals surface area (Å²) in [5.41, 5.74) is 1.41. The Morgan fingerprint density at radius 1 is 0.941 bits per heavy atom. The highest BCUT2D eigenvalue weighted by atomic mass is 35.8. The van der Waals surface area contributed by atoms with Crippen molar-refractivity contribution in [1.29, 1.82) is 0 Å². The third-order valence-corrected chi connectivity index (χ3v) is 5.46. The molecule has 0 saturated carbocycles. The number of halogens is 3. The molecule has 0 bridgehead atoms. The van der Waals surface area contributed by atoms with E-state index in [1.54, 1.807) is 0 Å². The summed E-state index contributed by atoms with van der Waals surface area (Å²) >= 11 is 17.5. The minimum atomic E-state index is -2.36. The number of hydrogen-bond acceptors (Lipinski definition) is 0. The van der Waals surface area contributed by atoms with Crippen molar-refractivity contribution in [2.45, 2.75) is 51.0 Å². The summed E-state index contributed by atoms with van der Waals surface area (Å²) in [5.74, 6) is 0. The molecule has 0 amide bonds. The van der Waals surface area contributed by atoms with E-state index in [0.717, 1.165) is 12.5 Å². The van der Waals surface area contributed by atoms with Gasteiger partial charge in [-0.3, -0.25) is 0 Å². The molecule has 0 atom stereocenters. The fourth-order valence-corrected chi connectivity index (χ4v) is 3.73.